The van der Waals surface area contributed by atoms with Crippen molar-refractivity contribution in [2.45, 2.75) is 57.6 Å². The molecule has 4 rings (SSSR count). The first-order valence-corrected chi connectivity index (χ1v) is 9.88. The van der Waals surface area contributed by atoms with Crippen molar-refractivity contribution < 1.29 is 9.84 Å². The van der Waals surface area contributed by atoms with Gasteiger partial charge in [-0.25, -0.2) is 4.98 Å². The van der Waals surface area contributed by atoms with E-state index in [0.29, 0.717) is 19.2 Å². The molecule has 0 amide bonds. The molecule has 0 saturated carbocycles. The number of nitrogens with one attached hydrogen (secondary N) is 1. The second-order valence-corrected chi connectivity index (χ2v) is 7.69. The van der Waals surface area contributed by atoms with Gasteiger partial charge in [0, 0.05) is 12.2 Å². The van der Waals surface area contributed by atoms with Crippen molar-refractivity contribution in [3.05, 3.63) is 47.0 Å². The fourth-order valence-corrected chi connectivity index (χ4v) is 4.21. The smallest absolute Gasteiger partial charge is 0.124 e. The van der Waals surface area contributed by atoms with Crippen molar-refractivity contribution in [1.29, 1.82) is 0 Å². The first-order valence-electron chi connectivity index (χ1n) is 9.88. The molecule has 1 fully saturated rings. The van der Waals surface area contributed by atoms with Crippen LogP contribution in [0.25, 0.3) is 0 Å². The summed E-state index contributed by atoms with van der Waals surface area (Å²) >= 11 is 0. The van der Waals surface area contributed by atoms with Gasteiger partial charge in [0.25, 0.3) is 0 Å². The molecule has 0 unspecified atom stereocenters. The average molecular weight is 355 g/mol. The van der Waals surface area contributed by atoms with Crippen LogP contribution in [-0.4, -0.2) is 45.8 Å². The van der Waals surface area contributed by atoms with Crippen molar-refractivity contribution in [2.24, 2.45) is 0 Å². The van der Waals surface area contributed by atoms with Gasteiger partial charge in [0.2, 0.25) is 0 Å². The van der Waals surface area contributed by atoms with Crippen LogP contribution < -0.4 is 4.74 Å². The first-order chi connectivity index (χ1) is 12.7. The first kappa shape index (κ1) is 17.6. The molecule has 140 valence electrons. The Balaban J connectivity index is 1.35. The minimum absolute atomic E-state index is 0.300. The number of H-pyrrole nitrogens is 1. The van der Waals surface area contributed by atoms with E-state index < -0.39 is 6.10 Å². The Bertz CT molecular complexity index is 719. The Morgan fingerprint density at radius 2 is 2.19 bits per heavy atom. The summed E-state index contributed by atoms with van der Waals surface area (Å²) in [5.74, 6) is 1.92. The van der Waals surface area contributed by atoms with E-state index >= 15 is 0 Å². The maximum atomic E-state index is 10.5. The summed E-state index contributed by atoms with van der Waals surface area (Å²) in [6.45, 7) is 4.00. The van der Waals surface area contributed by atoms with Gasteiger partial charge in [-0.1, -0.05) is 12.1 Å². The van der Waals surface area contributed by atoms with Gasteiger partial charge in [-0.2, -0.15) is 0 Å². The maximum Gasteiger partial charge on any atom is 0.124 e. The van der Waals surface area contributed by atoms with E-state index in [0.717, 1.165) is 43.8 Å². The Hall–Kier alpha value is -1.85. The average Bonchev–Trinajstić information content (AvgIpc) is 3.26. The second-order valence-electron chi connectivity index (χ2n) is 7.69. The highest BCUT2D eigenvalue weighted by molar-refractivity contribution is 5.27. The summed E-state index contributed by atoms with van der Waals surface area (Å²) in [7, 11) is 0. The van der Waals surface area contributed by atoms with E-state index in [1.165, 1.54) is 29.8 Å². The van der Waals surface area contributed by atoms with Crippen molar-refractivity contribution in [3.8, 4) is 5.75 Å². The predicted molar refractivity (Wildman–Crippen MR) is 101 cm³/mol. The van der Waals surface area contributed by atoms with Crippen LogP contribution in [0.3, 0.4) is 0 Å². The molecule has 1 aliphatic carbocycles. The van der Waals surface area contributed by atoms with Crippen molar-refractivity contribution >= 4 is 0 Å². The molecule has 2 N–H and O–H groups in total. The number of β-amino-alcohol motifs (C(OH)–C–C–N with tert-alkyl or cyclic N) is 1. The maximum absolute atomic E-state index is 10.5. The van der Waals surface area contributed by atoms with Crippen LogP contribution in [0.15, 0.2) is 24.3 Å². The summed E-state index contributed by atoms with van der Waals surface area (Å²) in [6.07, 6.45) is 6.51. The lowest BCUT2D eigenvalue weighted by atomic mass is 10.0. The minimum Gasteiger partial charge on any atom is -0.491 e. The van der Waals surface area contributed by atoms with E-state index in [1.54, 1.807) is 0 Å². The lowest BCUT2D eigenvalue weighted by Gasteiger charge is -2.25. The zero-order valence-corrected chi connectivity index (χ0v) is 15.6. The molecule has 2 heterocycles. The number of imidazole rings is 1. The Morgan fingerprint density at radius 1 is 1.31 bits per heavy atom. The number of fused-ring (bicyclic) bond motifs is 1. The summed E-state index contributed by atoms with van der Waals surface area (Å²) in [4.78, 5) is 10.8. The highest BCUT2D eigenvalue weighted by Crippen LogP contribution is 2.32. The molecule has 1 aromatic carbocycles. The van der Waals surface area contributed by atoms with Gasteiger partial charge in [0.1, 0.15) is 24.3 Å². The molecule has 1 aliphatic heterocycles. The zero-order chi connectivity index (χ0) is 17.9. The number of aromatic nitrogens is 2. The lowest BCUT2D eigenvalue weighted by molar-refractivity contribution is 0.0628. The van der Waals surface area contributed by atoms with Gasteiger partial charge >= 0.3 is 0 Å². The number of ether oxygens (including phenoxy) is 1. The highest BCUT2D eigenvalue weighted by atomic mass is 16.5. The number of aliphatic hydroxyl groups is 1. The van der Waals surface area contributed by atoms with E-state index in [4.69, 9.17) is 9.72 Å². The van der Waals surface area contributed by atoms with Crippen LogP contribution >= 0.6 is 0 Å². The number of likely N-dealkylation sites (tertiary alicyclic amines) is 1. The quantitative estimate of drug-likeness (QED) is 0.835. The summed E-state index contributed by atoms with van der Waals surface area (Å²) in [5, 5.41) is 10.5. The highest BCUT2D eigenvalue weighted by Gasteiger charge is 2.31. The van der Waals surface area contributed by atoms with Crippen molar-refractivity contribution in [1.82, 2.24) is 14.9 Å². The summed E-state index contributed by atoms with van der Waals surface area (Å²) in [5.41, 5.74) is 3.77. The molecule has 5 heteroatoms. The number of aliphatic hydroxyl groups excluding tert-OH is 1. The van der Waals surface area contributed by atoms with Gasteiger partial charge in [0.05, 0.1) is 11.7 Å². The van der Waals surface area contributed by atoms with Gasteiger partial charge in [-0.05, 0) is 69.7 Å². The molecule has 2 aromatic rings. The van der Waals surface area contributed by atoms with Crippen LogP contribution in [0, 0.1) is 6.92 Å². The van der Waals surface area contributed by atoms with E-state index in [1.807, 2.05) is 31.2 Å². The fraction of sp³-hybridized carbons (Fsp3) is 0.571. The molecule has 0 bridgehead atoms. The van der Waals surface area contributed by atoms with Crippen LogP contribution in [0.5, 0.6) is 5.75 Å². The van der Waals surface area contributed by atoms with Gasteiger partial charge in [0.15, 0.2) is 0 Å². The zero-order valence-electron chi connectivity index (χ0n) is 15.6. The van der Waals surface area contributed by atoms with Crippen LogP contribution in [0.2, 0.25) is 0 Å². The van der Waals surface area contributed by atoms with Gasteiger partial charge in [-0.3, -0.25) is 4.90 Å². The second kappa shape index (κ2) is 7.80. The van der Waals surface area contributed by atoms with Crippen LogP contribution in [-0.2, 0) is 12.8 Å². The Kier molecular flexibility index (Phi) is 5.27. The number of hydrogen-bond donors (Lipinski definition) is 2. The third-order valence-electron chi connectivity index (χ3n) is 5.53. The van der Waals surface area contributed by atoms with Gasteiger partial charge in [-0.15, -0.1) is 0 Å². The van der Waals surface area contributed by atoms with Gasteiger partial charge < -0.3 is 14.8 Å². The van der Waals surface area contributed by atoms with E-state index in [2.05, 4.69) is 9.88 Å². The molecule has 0 spiro atoms. The molecule has 0 radical (unpaired) electrons. The Morgan fingerprint density at radius 3 is 3.04 bits per heavy atom. The minimum atomic E-state index is -0.499. The third kappa shape index (κ3) is 3.94. The molecule has 5 nitrogen and oxygen atoms in total. The van der Waals surface area contributed by atoms with Crippen LogP contribution in [0.1, 0.15) is 54.5 Å². The molecule has 1 aromatic heterocycles. The van der Waals surface area contributed by atoms with Crippen molar-refractivity contribution in [3.63, 3.8) is 0 Å². The SMILES string of the molecule is Cc1cccc(OC[C@@H](O)CN2CCC[C@@H]2c2nc3c([nH]2)CCCC3)c1. The predicted octanol–water partition coefficient (Wildman–Crippen LogP) is 3.17. The Labute approximate surface area is 155 Å². The standard InChI is InChI=1S/C21H29N3O2/c1-15-6-4-7-17(12-15)26-14-16(25)13-24-11-5-10-20(24)21-22-18-8-2-3-9-19(18)23-21/h4,6-7,12,16,20,25H,2-3,5,8-11,13-14H2,1H3,(H,22,23)/t16-,20+/m0/s1. The number of nitrogens with zero attached hydrogens (tertiary/aromatic N) is 2. The number of benzene rings is 1. The number of hydrogen-bond acceptors (Lipinski definition) is 4. The normalized spacial score (nSPS) is 21.5. The van der Waals surface area contributed by atoms with E-state index in [-0.39, 0.29) is 0 Å². The lowest BCUT2D eigenvalue weighted by Crippen LogP contribution is -2.35. The molecular formula is C21H29N3O2. The third-order valence-corrected chi connectivity index (χ3v) is 5.53. The molecular weight excluding hydrogens is 326 g/mol. The molecule has 1 saturated heterocycles. The molecule has 26 heavy (non-hydrogen) atoms. The summed E-state index contributed by atoms with van der Waals surface area (Å²) in [6, 6.07) is 8.26. The van der Waals surface area contributed by atoms with Crippen LogP contribution in [0.4, 0.5) is 0 Å². The van der Waals surface area contributed by atoms with Crippen molar-refractivity contribution in [2.75, 3.05) is 19.7 Å². The number of rotatable bonds is 6. The van der Waals surface area contributed by atoms with E-state index in [9.17, 15) is 5.11 Å². The monoisotopic (exact) mass is 355 g/mol. The molecule has 2 atom stereocenters. The number of aryl methyl sites for hydroxylation is 3. The fourth-order valence-electron chi connectivity index (χ4n) is 4.21. The summed E-state index contributed by atoms with van der Waals surface area (Å²) < 4.78 is 5.77. The largest absolute Gasteiger partial charge is 0.491 e. The molecule has 2 aliphatic rings. The topological polar surface area (TPSA) is 61.4 Å². The number of aromatic amines is 1.